The third-order valence-electron chi connectivity index (χ3n) is 3.88. The van der Waals surface area contributed by atoms with Crippen molar-refractivity contribution in [3.63, 3.8) is 0 Å². The van der Waals surface area contributed by atoms with E-state index in [1.54, 1.807) is 6.07 Å². The monoisotopic (exact) mass is 297 g/mol. The van der Waals surface area contributed by atoms with Crippen molar-refractivity contribution < 1.29 is 8.42 Å². The van der Waals surface area contributed by atoms with Crippen molar-refractivity contribution in [1.29, 1.82) is 0 Å². The summed E-state index contributed by atoms with van der Waals surface area (Å²) in [5.74, 6) is 0. The lowest BCUT2D eigenvalue weighted by atomic mass is 10.1. The molecule has 0 atom stereocenters. The van der Waals surface area contributed by atoms with Crippen molar-refractivity contribution in [2.75, 3.05) is 23.5 Å². The molecule has 2 rings (SSSR count). The van der Waals surface area contributed by atoms with Gasteiger partial charge in [0, 0.05) is 18.8 Å². The van der Waals surface area contributed by atoms with Crippen LogP contribution in [-0.4, -0.2) is 25.8 Å². The number of benzene rings is 1. The first-order valence-corrected chi connectivity index (χ1v) is 8.49. The number of nitrogens with zero attached hydrogens (tertiary/aromatic N) is 1. The molecule has 1 aliphatic rings. The highest BCUT2D eigenvalue weighted by molar-refractivity contribution is 7.90. The van der Waals surface area contributed by atoms with Gasteiger partial charge in [0.15, 0.2) is 0 Å². The summed E-state index contributed by atoms with van der Waals surface area (Å²) >= 11 is 0. The summed E-state index contributed by atoms with van der Waals surface area (Å²) in [5.41, 5.74) is 8.90. The highest BCUT2D eigenvalue weighted by atomic mass is 32.2. The number of hydrogen-bond acceptors (Lipinski definition) is 3. The maximum absolute atomic E-state index is 12.4. The van der Waals surface area contributed by atoms with Gasteiger partial charge in [0.05, 0.1) is 5.69 Å². The molecule has 0 amide bonds. The molecule has 0 spiro atoms. The lowest BCUT2D eigenvalue weighted by Crippen LogP contribution is -2.36. The highest BCUT2D eigenvalue weighted by Gasteiger charge is 2.23. The molecular formula is C14H23N3O2S. The standard InChI is InChI=1S/C14H23N3O2S/c1-11-7-8-13(12(2)14(11)15)16-20(18,19)17-9-5-3-4-6-10-17/h7-8,16H,3-6,9-10,15H2,1-2H3. The lowest BCUT2D eigenvalue weighted by molar-refractivity contribution is 0.427. The van der Waals surface area contributed by atoms with Gasteiger partial charge in [-0.1, -0.05) is 18.9 Å². The van der Waals surface area contributed by atoms with Gasteiger partial charge in [-0.05, 0) is 43.9 Å². The van der Waals surface area contributed by atoms with E-state index in [-0.39, 0.29) is 0 Å². The number of nitrogen functional groups attached to an aromatic ring is 1. The van der Waals surface area contributed by atoms with Gasteiger partial charge < -0.3 is 5.73 Å². The number of hydrogen-bond donors (Lipinski definition) is 2. The topological polar surface area (TPSA) is 75.4 Å². The summed E-state index contributed by atoms with van der Waals surface area (Å²) in [6, 6.07) is 3.61. The quantitative estimate of drug-likeness (QED) is 0.841. The zero-order chi connectivity index (χ0) is 14.8. The normalized spacial score (nSPS) is 17.7. The molecule has 5 nitrogen and oxygen atoms in total. The molecule has 0 aliphatic carbocycles. The second-order valence-corrected chi connectivity index (χ2v) is 7.06. The van der Waals surface area contributed by atoms with Crippen molar-refractivity contribution in [1.82, 2.24) is 4.31 Å². The maximum Gasteiger partial charge on any atom is 0.301 e. The van der Waals surface area contributed by atoms with Gasteiger partial charge in [-0.2, -0.15) is 12.7 Å². The Bertz CT molecular complexity index is 576. The molecule has 1 saturated heterocycles. The molecule has 1 fully saturated rings. The zero-order valence-electron chi connectivity index (χ0n) is 12.1. The summed E-state index contributed by atoms with van der Waals surface area (Å²) < 4.78 is 29.1. The first kappa shape index (κ1) is 15.1. The molecule has 6 heteroatoms. The van der Waals surface area contributed by atoms with Crippen LogP contribution in [-0.2, 0) is 10.2 Å². The number of anilines is 2. The van der Waals surface area contributed by atoms with E-state index in [2.05, 4.69) is 4.72 Å². The van der Waals surface area contributed by atoms with Gasteiger partial charge in [-0.25, -0.2) is 0 Å². The summed E-state index contributed by atoms with van der Waals surface area (Å²) in [7, 11) is -3.48. The average Bonchev–Trinajstić information content (AvgIpc) is 2.69. The minimum Gasteiger partial charge on any atom is -0.398 e. The summed E-state index contributed by atoms with van der Waals surface area (Å²) in [4.78, 5) is 0. The van der Waals surface area contributed by atoms with E-state index in [9.17, 15) is 8.42 Å². The second-order valence-electron chi connectivity index (χ2n) is 5.39. The highest BCUT2D eigenvalue weighted by Crippen LogP contribution is 2.26. The Morgan fingerprint density at radius 3 is 2.30 bits per heavy atom. The first-order valence-electron chi connectivity index (χ1n) is 7.05. The van der Waals surface area contributed by atoms with Crippen LogP contribution in [0.15, 0.2) is 12.1 Å². The van der Waals surface area contributed by atoms with E-state index < -0.39 is 10.2 Å². The van der Waals surface area contributed by atoms with Crippen molar-refractivity contribution in [3.8, 4) is 0 Å². The average molecular weight is 297 g/mol. The Morgan fingerprint density at radius 2 is 1.70 bits per heavy atom. The van der Waals surface area contributed by atoms with E-state index in [1.165, 1.54) is 4.31 Å². The fraction of sp³-hybridized carbons (Fsp3) is 0.571. The van der Waals surface area contributed by atoms with Crippen LogP contribution in [0.2, 0.25) is 0 Å². The van der Waals surface area contributed by atoms with Crippen molar-refractivity contribution in [2.24, 2.45) is 0 Å². The van der Waals surface area contributed by atoms with Gasteiger partial charge in [-0.15, -0.1) is 0 Å². The van der Waals surface area contributed by atoms with Crippen LogP contribution in [0.4, 0.5) is 11.4 Å². The SMILES string of the molecule is Cc1ccc(NS(=O)(=O)N2CCCCCC2)c(C)c1N. The van der Waals surface area contributed by atoms with Gasteiger partial charge in [0.1, 0.15) is 0 Å². The molecule has 112 valence electrons. The molecule has 1 heterocycles. The Balaban J connectivity index is 2.21. The van der Waals surface area contributed by atoms with Gasteiger partial charge in [0.2, 0.25) is 0 Å². The molecule has 1 aliphatic heterocycles. The van der Waals surface area contributed by atoms with Gasteiger partial charge in [-0.3, -0.25) is 4.72 Å². The van der Waals surface area contributed by atoms with Crippen molar-refractivity contribution >= 4 is 21.6 Å². The van der Waals surface area contributed by atoms with E-state index >= 15 is 0 Å². The molecule has 0 bridgehead atoms. The largest absolute Gasteiger partial charge is 0.398 e. The zero-order valence-corrected chi connectivity index (χ0v) is 13.0. The number of rotatable bonds is 3. The maximum atomic E-state index is 12.4. The summed E-state index contributed by atoms with van der Waals surface area (Å²) in [5, 5.41) is 0. The smallest absolute Gasteiger partial charge is 0.301 e. The first-order chi connectivity index (χ1) is 9.42. The number of nitrogens with two attached hydrogens (primary N) is 1. The summed E-state index contributed by atoms with van der Waals surface area (Å²) in [6.07, 6.45) is 4.05. The Morgan fingerprint density at radius 1 is 1.10 bits per heavy atom. The molecule has 0 unspecified atom stereocenters. The minimum atomic E-state index is -3.48. The van der Waals surface area contributed by atoms with E-state index in [0.29, 0.717) is 24.5 Å². The third-order valence-corrected chi connectivity index (χ3v) is 5.40. The predicted molar refractivity (Wildman–Crippen MR) is 82.9 cm³/mol. The molecule has 0 saturated carbocycles. The van der Waals surface area contributed by atoms with Crippen LogP contribution in [0, 0.1) is 13.8 Å². The number of aryl methyl sites for hydroxylation is 1. The molecule has 0 radical (unpaired) electrons. The van der Waals surface area contributed by atoms with Crippen molar-refractivity contribution in [2.45, 2.75) is 39.5 Å². The summed E-state index contributed by atoms with van der Waals surface area (Å²) in [6.45, 7) is 4.93. The van der Waals surface area contributed by atoms with E-state index in [4.69, 9.17) is 5.73 Å². The van der Waals surface area contributed by atoms with Crippen LogP contribution in [0.3, 0.4) is 0 Å². The van der Waals surface area contributed by atoms with Gasteiger partial charge in [0.25, 0.3) is 0 Å². The van der Waals surface area contributed by atoms with Crippen LogP contribution >= 0.6 is 0 Å². The van der Waals surface area contributed by atoms with E-state index in [1.807, 2.05) is 19.9 Å². The third kappa shape index (κ3) is 3.24. The minimum absolute atomic E-state index is 0.567. The Labute approximate surface area is 121 Å². The van der Waals surface area contributed by atoms with Crippen LogP contribution in [0.5, 0.6) is 0 Å². The Kier molecular flexibility index (Phi) is 4.55. The fourth-order valence-electron chi connectivity index (χ4n) is 2.46. The van der Waals surface area contributed by atoms with Crippen LogP contribution < -0.4 is 10.5 Å². The molecule has 1 aromatic carbocycles. The van der Waals surface area contributed by atoms with Crippen molar-refractivity contribution in [3.05, 3.63) is 23.3 Å². The van der Waals surface area contributed by atoms with E-state index in [0.717, 1.165) is 36.8 Å². The van der Waals surface area contributed by atoms with Crippen LogP contribution in [0.1, 0.15) is 36.8 Å². The van der Waals surface area contributed by atoms with Crippen LogP contribution in [0.25, 0.3) is 0 Å². The number of nitrogens with one attached hydrogen (secondary N) is 1. The van der Waals surface area contributed by atoms with Gasteiger partial charge >= 0.3 is 10.2 Å². The molecule has 0 aromatic heterocycles. The molecule has 1 aromatic rings. The predicted octanol–water partition coefficient (Wildman–Crippen LogP) is 2.42. The second kappa shape index (κ2) is 6.01. The lowest BCUT2D eigenvalue weighted by Gasteiger charge is -2.22. The fourth-order valence-corrected chi connectivity index (χ4v) is 3.83. The molecule has 3 N–H and O–H groups in total. The molecular weight excluding hydrogens is 274 g/mol. The Hall–Kier alpha value is -1.27. The molecule has 20 heavy (non-hydrogen) atoms.